The number of ether oxygens (including phenoxy) is 2. The molecule has 11 nitrogen and oxygen atoms in total. The highest BCUT2D eigenvalue weighted by Gasteiger charge is 2.49. The van der Waals surface area contributed by atoms with Crippen molar-refractivity contribution in [2.24, 2.45) is 5.41 Å². The second-order valence-corrected chi connectivity index (χ2v) is 7.54. The fraction of sp³-hybridized carbons (Fsp3) is 0.714. The number of rotatable bonds is 8. The van der Waals surface area contributed by atoms with Gasteiger partial charge in [0.05, 0.1) is 20.1 Å². The molecule has 0 aliphatic carbocycles. The van der Waals surface area contributed by atoms with E-state index >= 15 is 0 Å². The molecule has 2 atom stereocenters. The zero-order valence-corrected chi connectivity index (χ0v) is 15.8. The van der Waals surface area contributed by atoms with E-state index < -0.39 is 44.1 Å². The zero-order valence-electron chi connectivity index (χ0n) is 14.9. The van der Waals surface area contributed by atoms with Gasteiger partial charge in [0.15, 0.2) is 6.10 Å². The van der Waals surface area contributed by atoms with Gasteiger partial charge in [0.1, 0.15) is 0 Å². The molecule has 12 heteroatoms. The molecule has 0 bridgehead atoms. The molecule has 0 aromatic heterocycles. The number of methoxy groups -OCH3 is 1. The molecule has 1 radical (unpaired) electrons. The maximum absolute atomic E-state index is 12.5. The Bertz CT molecular complexity index is 567. The van der Waals surface area contributed by atoms with Crippen LogP contribution in [0.4, 0.5) is 4.79 Å². The first-order chi connectivity index (χ1) is 12.1. The summed E-state index contributed by atoms with van der Waals surface area (Å²) in [4.78, 5) is 34.5. The summed E-state index contributed by atoms with van der Waals surface area (Å²) < 4.78 is 36.7. The summed E-state index contributed by atoms with van der Waals surface area (Å²) >= 11 is 0. The van der Waals surface area contributed by atoms with Crippen LogP contribution in [-0.4, -0.2) is 57.7 Å². The summed E-state index contributed by atoms with van der Waals surface area (Å²) in [6.07, 6.45) is -2.00. The standard InChI is InChI=1S/C14H24N2O9P/c1-5-15-13(19)22-9-24-26(20)23-8-14(2,3)11(25-26)12(18)16-7-6-10(17)21-4/h11H,1,5-9H2,2-4H3,(H,15,19)(H,16,18)/t11-,26-/m0/s1. The van der Waals surface area contributed by atoms with Gasteiger partial charge in [-0.1, -0.05) is 13.8 Å². The lowest BCUT2D eigenvalue weighted by atomic mass is 9.87. The summed E-state index contributed by atoms with van der Waals surface area (Å²) in [6.45, 7) is 6.10. The fourth-order valence-corrected chi connectivity index (χ4v) is 3.38. The van der Waals surface area contributed by atoms with Crippen LogP contribution in [0.15, 0.2) is 0 Å². The summed E-state index contributed by atoms with van der Waals surface area (Å²) in [5.41, 5.74) is -0.807. The number of hydrogen-bond donors (Lipinski definition) is 2. The second kappa shape index (κ2) is 9.86. The molecule has 1 fully saturated rings. The van der Waals surface area contributed by atoms with Crippen molar-refractivity contribution in [1.29, 1.82) is 0 Å². The third kappa shape index (κ3) is 6.91. The van der Waals surface area contributed by atoms with Crippen molar-refractivity contribution < 1.29 is 42.0 Å². The van der Waals surface area contributed by atoms with Gasteiger partial charge in [-0.2, -0.15) is 0 Å². The molecular weight excluding hydrogens is 371 g/mol. The van der Waals surface area contributed by atoms with Crippen molar-refractivity contribution in [2.75, 3.05) is 33.6 Å². The minimum absolute atomic E-state index is 0.0186. The van der Waals surface area contributed by atoms with E-state index in [1.165, 1.54) is 7.11 Å². The van der Waals surface area contributed by atoms with Gasteiger partial charge in [0, 0.05) is 18.5 Å². The molecule has 0 saturated carbocycles. The van der Waals surface area contributed by atoms with Crippen LogP contribution in [0.25, 0.3) is 0 Å². The van der Waals surface area contributed by atoms with Gasteiger partial charge in [-0.15, -0.1) is 0 Å². The molecule has 26 heavy (non-hydrogen) atoms. The highest BCUT2D eigenvalue weighted by atomic mass is 31.2. The van der Waals surface area contributed by atoms with Gasteiger partial charge in [-0.3, -0.25) is 18.6 Å². The lowest BCUT2D eigenvalue weighted by molar-refractivity contribution is -0.144. The van der Waals surface area contributed by atoms with E-state index in [1.54, 1.807) is 13.8 Å². The number of amides is 2. The highest BCUT2D eigenvalue weighted by molar-refractivity contribution is 7.48. The van der Waals surface area contributed by atoms with Crippen LogP contribution in [0.3, 0.4) is 0 Å². The molecule has 1 aliphatic rings. The van der Waals surface area contributed by atoms with Crippen LogP contribution in [0, 0.1) is 12.3 Å². The smallest absolute Gasteiger partial charge is 0.469 e. The molecule has 1 rings (SSSR count). The first-order valence-electron chi connectivity index (χ1n) is 7.75. The van der Waals surface area contributed by atoms with Crippen molar-refractivity contribution >= 4 is 25.8 Å². The summed E-state index contributed by atoms with van der Waals surface area (Å²) in [5, 5.41) is 4.75. The summed E-state index contributed by atoms with van der Waals surface area (Å²) in [5.74, 6) is -1.06. The third-order valence-electron chi connectivity index (χ3n) is 3.30. The maximum Gasteiger partial charge on any atom is 0.478 e. The molecule has 0 unspecified atom stereocenters. The first-order valence-corrected chi connectivity index (χ1v) is 9.21. The molecule has 2 amide bonds. The number of phosphoric acid groups is 1. The Hall–Kier alpha value is -1.68. The normalized spacial score (nSPS) is 24.4. The number of carbonyl (C=O) groups excluding carboxylic acids is 3. The average Bonchev–Trinajstić information content (AvgIpc) is 2.57. The molecular formula is C14H24N2O9P. The van der Waals surface area contributed by atoms with E-state index in [-0.39, 0.29) is 26.1 Å². The third-order valence-corrected chi connectivity index (χ3v) is 4.64. The predicted molar refractivity (Wildman–Crippen MR) is 87.6 cm³/mol. The van der Waals surface area contributed by atoms with Crippen LogP contribution >= 0.6 is 7.82 Å². The SMILES string of the molecule is [CH2]CNC(=O)OCO[P@]1(=O)OCC(C)(C)[C@H](C(=O)NCCC(=O)OC)O1. The second-order valence-electron chi connectivity index (χ2n) is 5.92. The molecule has 2 N–H and O–H groups in total. The summed E-state index contributed by atoms with van der Waals surface area (Å²) in [6, 6.07) is 0. The summed E-state index contributed by atoms with van der Waals surface area (Å²) in [7, 11) is -2.87. The van der Waals surface area contributed by atoms with Crippen molar-refractivity contribution in [3.8, 4) is 0 Å². The maximum atomic E-state index is 12.5. The van der Waals surface area contributed by atoms with E-state index in [1.807, 2.05) is 0 Å². The molecule has 0 aromatic rings. The topological polar surface area (TPSA) is 138 Å². The number of nitrogens with one attached hydrogen (secondary N) is 2. The Morgan fingerprint density at radius 3 is 2.62 bits per heavy atom. The van der Waals surface area contributed by atoms with Crippen molar-refractivity contribution in [2.45, 2.75) is 26.4 Å². The first kappa shape index (κ1) is 22.4. The van der Waals surface area contributed by atoms with Gasteiger partial charge >= 0.3 is 19.9 Å². The number of esters is 1. The Morgan fingerprint density at radius 2 is 2.00 bits per heavy atom. The molecule has 0 spiro atoms. The number of alkyl carbamates (subject to hydrolysis) is 1. The van der Waals surface area contributed by atoms with Gasteiger partial charge in [-0.05, 0) is 6.92 Å². The van der Waals surface area contributed by atoms with Crippen LogP contribution < -0.4 is 10.6 Å². The minimum atomic E-state index is -4.11. The lowest BCUT2D eigenvalue weighted by Gasteiger charge is -2.39. The van der Waals surface area contributed by atoms with E-state index in [2.05, 4.69) is 27.0 Å². The van der Waals surface area contributed by atoms with E-state index in [0.29, 0.717) is 0 Å². The van der Waals surface area contributed by atoms with Gasteiger partial charge < -0.3 is 20.1 Å². The monoisotopic (exact) mass is 395 g/mol. The zero-order chi connectivity index (χ0) is 19.8. The van der Waals surface area contributed by atoms with Crippen LogP contribution in [0.1, 0.15) is 20.3 Å². The molecule has 149 valence electrons. The molecule has 0 aromatic carbocycles. The quantitative estimate of drug-likeness (QED) is 0.346. The van der Waals surface area contributed by atoms with Crippen molar-refractivity contribution in [3.05, 3.63) is 6.92 Å². The van der Waals surface area contributed by atoms with Crippen molar-refractivity contribution in [3.63, 3.8) is 0 Å². The van der Waals surface area contributed by atoms with Crippen LogP contribution in [0.5, 0.6) is 0 Å². The number of phosphoric ester groups is 1. The predicted octanol–water partition coefficient (Wildman–Crippen LogP) is 0.750. The van der Waals surface area contributed by atoms with E-state index in [0.717, 1.165) is 0 Å². The Kier molecular flexibility index (Phi) is 8.48. The molecule has 1 aliphatic heterocycles. The lowest BCUT2D eigenvalue weighted by Crippen LogP contribution is -2.50. The molecule has 1 heterocycles. The Labute approximate surface area is 151 Å². The number of hydrogen-bond acceptors (Lipinski definition) is 9. The largest absolute Gasteiger partial charge is 0.478 e. The Balaban J connectivity index is 2.60. The minimum Gasteiger partial charge on any atom is -0.469 e. The number of carbonyl (C=O) groups is 3. The van der Waals surface area contributed by atoms with Crippen LogP contribution in [-0.2, 0) is 37.2 Å². The van der Waals surface area contributed by atoms with Gasteiger partial charge in [-0.25, -0.2) is 13.9 Å². The Morgan fingerprint density at radius 1 is 1.31 bits per heavy atom. The van der Waals surface area contributed by atoms with E-state index in [9.17, 15) is 18.9 Å². The van der Waals surface area contributed by atoms with Gasteiger partial charge in [0.2, 0.25) is 12.7 Å². The van der Waals surface area contributed by atoms with Gasteiger partial charge in [0.25, 0.3) is 0 Å². The van der Waals surface area contributed by atoms with Crippen LogP contribution in [0.2, 0.25) is 0 Å². The van der Waals surface area contributed by atoms with Crippen molar-refractivity contribution in [1.82, 2.24) is 10.6 Å². The highest BCUT2D eigenvalue weighted by Crippen LogP contribution is 2.57. The van der Waals surface area contributed by atoms with E-state index in [4.69, 9.17) is 13.6 Å². The fourth-order valence-electron chi connectivity index (χ4n) is 1.87. The average molecular weight is 395 g/mol. The molecule has 1 saturated heterocycles.